The lowest BCUT2D eigenvalue weighted by Gasteiger charge is -2.30. The Morgan fingerprint density at radius 3 is 2.55 bits per heavy atom. The molecule has 2 rings (SSSR count). The van der Waals surface area contributed by atoms with Crippen molar-refractivity contribution in [3.05, 3.63) is 23.8 Å². The summed E-state index contributed by atoms with van der Waals surface area (Å²) in [4.78, 5) is 0.107. The molecule has 0 unspecified atom stereocenters. The van der Waals surface area contributed by atoms with Crippen LogP contribution in [0.1, 0.15) is 18.4 Å². The number of benzene rings is 1. The molecule has 1 aliphatic rings. The van der Waals surface area contributed by atoms with Gasteiger partial charge in [0.15, 0.2) is 0 Å². The molecule has 6 nitrogen and oxygen atoms in total. The van der Waals surface area contributed by atoms with Crippen LogP contribution >= 0.6 is 12.4 Å². The van der Waals surface area contributed by atoms with E-state index in [4.69, 9.17) is 15.7 Å². The first-order chi connectivity index (χ1) is 10.0. The summed E-state index contributed by atoms with van der Waals surface area (Å²) in [5, 5.41) is 8.88. The number of ether oxygens (including phenoxy) is 1. The predicted octanol–water partition coefficient (Wildman–Crippen LogP) is 1.35. The third-order valence-corrected chi connectivity index (χ3v) is 5.76. The Labute approximate surface area is 137 Å². The molecule has 22 heavy (non-hydrogen) atoms. The Kier molecular flexibility index (Phi) is 6.63. The molecule has 2 N–H and O–H groups in total. The normalized spacial score (nSPS) is 16.6. The van der Waals surface area contributed by atoms with Crippen molar-refractivity contribution in [3.63, 3.8) is 0 Å². The van der Waals surface area contributed by atoms with E-state index in [1.54, 1.807) is 0 Å². The summed E-state index contributed by atoms with van der Waals surface area (Å²) in [5.74, 6) is 0.592. The Hall–Kier alpha value is -1.33. The van der Waals surface area contributed by atoms with Crippen LogP contribution in [0.15, 0.2) is 23.1 Å². The summed E-state index contributed by atoms with van der Waals surface area (Å²) >= 11 is 0. The average molecular weight is 346 g/mol. The largest absolute Gasteiger partial charge is 0.495 e. The molecule has 0 radical (unpaired) electrons. The third-order valence-electron chi connectivity index (χ3n) is 3.82. The van der Waals surface area contributed by atoms with Crippen LogP contribution in [0.3, 0.4) is 0 Å². The maximum atomic E-state index is 12.7. The van der Waals surface area contributed by atoms with Gasteiger partial charge in [0, 0.05) is 13.1 Å². The third kappa shape index (κ3) is 3.70. The topological polar surface area (TPSA) is 96.4 Å². The Morgan fingerprint density at radius 2 is 2.05 bits per heavy atom. The van der Waals surface area contributed by atoms with E-state index >= 15 is 0 Å². The van der Waals surface area contributed by atoms with E-state index in [0.717, 1.165) is 12.8 Å². The SMILES string of the molecule is COc1cc(C#N)ccc1S(=O)(=O)N1CCC(CN)CC1.Cl. The number of hydrogen-bond donors (Lipinski definition) is 1. The van der Waals surface area contributed by atoms with Gasteiger partial charge in [-0.05, 0) is 43.5 Å². The van der Waals surface area contributed by atoms with Crippen LogP contribution in [0.2, 0.25) is 0 Å². The zero-order chi connectivity index (χ0) is 15.5. The minimum Gasteiger partial charge on any atom is -0.495 e. The summed E-state index contributed by atoms with van der Waals surface area (Å²) in [6, 6.07) is 6.34. The van der Waals surface area contributed by atoms with Crippen molar-refractivity contribution in [1.82, 2.24) is 4.31 Å². The van der Waals surface area contributed by atoms with Gasteiger partial charge in [0.1, 0.15) is 10.6 Å². The van der Waals surface area contributed by atoms with E-state index in [-0.39, 0.29) is 23.1 Å². The highest BCUT2D eigenvalue weighted by molar-refractivity contribution is 7.89. The number of nitriles is 1. The smallest absolute Gasteiger partial charge is 0.246 e. The summed E-state index contributed by atoms with van der Waals surface area (Å²) in [6.07, 6.45) is 1.54. The highest BCUT2D eigenvalue weighted by Crippen LogP contribution is 2.30. The summed E-state index contributed by atoms with van der Waals surface area (Å²) < 4.78 is 32.0. The number of halogens is 1. The van der Waals surface area contributed by atoms with Crippen molar-refractivity contribution < 1.29 is 13.2 Å². The molecule has 0 bridgehead atoms. The number of methoxy groups -OCH3 is 1. The second kappa shape index (κ2) is 7.79. The first-order valence-corrected chi connectivity index (χ1v) is 8.25. The van der Waals surface area contributed by atoms with Gasteiger partial charge >= 0.3 is 0 Å². The maximum Gasteiger partial charge on any atom is 0.246 e. The van der Waals surface area contributed by atoms with E-state index in [0.29, 0.717) is 31.1 Å². The molecular weight excluding hydrogens is 326 g/mol. The van der Waals surface area contributed by atoms with Crippen molar-refractivity contribution >= 4 is 22.4 Å². The highest BCUT2D eigenvalue weighted by atomic mass is 35.5. The molecule has 1 fully saturated rings. The fourth-order valence-corrected chi connectivity index (χ4v) is 4.08. The molecule has 1 aromatic carbocycles. The quantitative estimate of drug-likeness (QED) is 0.888. The second-order valence-corrected chi connectivity index (χ2v) is 6.97. The number of sulfonamides is 1. The Morgan fingerprint density at radius 1 is 1.41 bits per heavy atom. The van der Waals surface area contributed by atoms with Gasteiger partial charge in [-0.1, -0.05) is 0 Å². The molecule has 0 saturated carbocycles. The molecule has 0 atom stereocenters. The van der Waals surface area contributed by atoms with E-state index in [1.165, 1.54) is 29.6 Å². The van der Waals surface area contributed by atoms with Crippen molar-refractivity contribution in [2.45, 2.75) is 17.7 Å². The van der Waals surface area contributed by atoms with Crippen LogP contribution in [-0.4, -0.2) is 39.5 Å². The first-order valence-electron chi connectivity index (χ1n) is 6.81. The van der Waals surface area contributed by atoms with E-state index < -0.39 is 10.0 Å². The van der Waals surface area contributed by atoms with Gasteiger partial charge in [-0.3, -0.25) is 0 Å². The molecule has 0 amide bonds. The van der Waals surface area contributed by atoms with Crippen molar-refractivity contribution in [1.29, 1.82) is 5.26 Å². The number of hydrogen-bond acceptors (Lipinski definition) is 5. The number of piperidine rings is 1. The lowest BCUT2D eigenvalue weighted by atomic mass is 9.99. The lowest BCUT2D eigenvalue weighted by Crippen LogP contribution is -2.40. The molecule has 8 heteroatoms. The molecule has 1 aromatic rings. The van der Waals surface area contributed by atoms with Crippen LogP contribution in [0.5, 0.6) is 5.75 Å². The van der Waals surface area contributed by atoms with E-state index in [2.05, 4.69) is 0 Å². The monoisotopic (exact) mass is 345 g/mol. The molecule has 1 heterocycles. The molecule has 0 aromatic heterocycles. The number of rotatable bonds is 4. The van der Waals surface area contributed by atoms with Gasteiger partial charge in [-0.15, -0.1) is 12.4 Å². The average Bonchev–Trinajstić information content (AvgIpc) is 2.54. The molecule has 0 spiro atoms. The maximum absolute atomic E-state index is 12.7. The van der Waals surface area contributed by atoms with Crippen LogP contribution in [0.4, 0.5) is 0 Å². The Balaban J connectivity index is 0.00000242. The molecule has 1 saturated heterocycles. The fourth-order valence-electron chi connectivity index (χ4n) is 2.47. The standard InChI is InChI=1S/C14H19N3O3S.ClH/c1-20-13-8-12(10-16)2-3-14(13)21(18,19)17-6-4-11(9-15)5-7-17;/h2-3,8,11H,4-7,9,15H2,1H3;1H. The van der Waals surface area contributed by atoms with Crippen LogP contribution in [0.25, 0.3) is 0 Å². The lowest BCUT2D eigenvalue weighted by molar-refractivity contribution is 0.277. The Bertz CT molecular complexity index is 650. The van der Waals surface area contributed by atoms with E-state index in [9.17, 15) is 8.42 Å². The van der Waals surface area contributed by atoms with Gasteiger partial charge < -0.3 is 10.5 Å². The predicted molar refractivity (Wildman–Crippen MR) is 85.5 cm³/mol. The molecule has 122 valence electrons. The van der Waals surface area contributed by atoms with Gasteiger partial charge in [0.25, 0.3) is 0 Å². The van der Waals surface area contributed by atoms with Crippen molar-refractivity contribution in [2.24, 2.45) is 11.7 Å². The molecule has 1 aliphatic heterocycles. The molecule has 0 aliphatic carbocycles. The van der Waals surface area contributed by atoms with Gasteiger partial charge in [0.05, 0.1) is 18.7 Å². The number of nitrogens with zero attached hydrogens (tertiary/aromatic N) is 2. The van der Waals surface area contributed by atoms with Crippen LogP contribution < -0.4 is 10.5 Å². The van der Waals surface area contributed by atoms with Crippen molar-refractivity contribution in [2.75, 3.05) is 26.7 Å². The molecular formula is C14H20ClN3O3S. The number of nitrogens with two attached hydrogens (primary N) is 1. The zero-order valence-electron chi connectivity index (χ0n) is 12.4. The minimum absolute atomic E-state index is 0. The first kappa shape index (κ1) is 18.7. The van der Waals surface area contributed by atoms with Gasteiger partial charge in [-0.2, -0.15) is 9.57 Å². The summed E-state index contributed by atoms with van der Waals surface area (Å²) in [6.45, 7) is 1.52. The summed E-state index contributed by atoms with van der Waals surface area (Å²) in [7, 11) is -2.20. The van der Waals surface area contributed by atoms with Crippen LogP contribution in [0, 0.1) is 17.2 Å². The zero-order valence-corrected chi connectivity index (χ0v) is 14.0. The van der Waals surface area contributed by atoms with Crippen molar-refractivity contribution in [3.8, 4) is 11.8 Å². The fraction of sp³-hybridized carbons (Fsp3) is 0.500. The van der Waals surface area contributed by atoms with Gasteiger partial charge in [0.2, 0.25) is 10.0 Å². The van der Waals surface area contributed by atoms with E-state index in [1.807, 2.05) is 6.07 Å². The minimum atomic E-state index is -3.60. The highest BCUT2D eigenvalue weighted by Gasteiger charge is 2.31. The second-order valence-electron chi connectivity index (χ2n) is 5.06. The van der Waals surface area contributed by atoms with Crippen LogP contribution in [-0.2, 0) is 10.0 Å². The summed E-state index contributed by atoms with van der Waals surface area (Å²) in [5.41, 5.74) is 6.00. The van der Waals surface area contributed by atoms with Gasteiger partial charge in [-0.25, -0.2) is 8.42 Å².